The molecule has 0 bridgehead atoms. The van der Waals surface area contributed by atoms with E-state index in [9.17, 15) is 35.2 Å². The molecule has 41 heavy (non-hydrogen) atoms. The molecule has 1 saturated heterocycles. The second kappa shape index (κ2) is 12.1. The van der Waals surface area contributed by atoms with Crippen molar-refractivity contribution in [3.8, 4) is 16.9 Å². The molecule has 220 valence electrons. The largest absolute Gasteiger partial charge is 0.481 e. The number of rotatable bonds is 9. The van der Waals surface area contributed by atoms with Gasteiger partial charge in [0.15, 0.2) is 0 Å². The molecule has 14 heteroatoms. The number of aliphatic carboxylic acids is 1. The topological polar surface area (TPSA) is 95.9 Å². The number of carbonyl (C=O) groups is 1. The summed E-state index contributed by atoms with van der Waals surface area (Å²) >= 11 is 6.09. The zero-order valence-corrected chi connectivity index (χ0v) is 22.7. The highest BCUT2D eigenvalue weighted by molar-refractivity contribution is 7.92. The number of ether oxygens (including phenoxy) is 1. The third kappa shape index (κ3) is 7.79. The van der Waals surface area contributed by atoms with Gasteiger partial charge in [-0.3, -0.25) is 9.52 Å². The number of nitrogens with zero attached hydrogens (tertiary/aromatic N) is 1. The number of benzene rings is 3. The summed E-state index contributed by atoms with van der Waals surface area (Å²) in [5.41, 5.74) is -0.0327. The Kier molecular flexibility index (Phi) is 8.97. The minimum atomic E-state index is -4.76. The zero-order valence-electron chi connectivity index (χ0n) is 21.2. The van der Waals surface area contributed by atoms with Crippen LogP contribution in [0.4, 0.5) is 33.3 Å². The van der Waals surface area contributed by atoms with Crippen LogP contribution in [0.15, 0.2) is 65.6 Å². The number of carboxylic acid groups (broad SMARTS) is 1. The summed E-state index contributed by atoms with van der Waals surface area (Å²) < 4.78 is 98.8. The number of piperidine rings is 1. The van der Waals surface area contributed by atoms with Crippen molar-refractivity contribution in [3.05, 3.63) is 71.2 Å². The van der Waals surface area contributed by atoms with E-state index in [1.165, 1.54) is 24.3 Å². The van der Waals surface area contributed by atoms with Crippen molar-refractivity contribution in [1.82, 2.24) is 0 Å². The summed E-state index contributed by atoms with van der Waals surface area (Å²) in [6.07, 6.45) is -3.71. The fourth-order valence-corrected chi connectivity index (χ4v) is 5.98. The lowest BCUT2D eigenvalue weighted by Crippen LogP contribution is -2.35. The van der Waals surface area contributed by atoms with Gasteiger partial charge in [-0.25, -0.2) is 8.42 Å². The first-order valence-electron chi connectivity index (χ1n) is 12.3. The van der Waals surface area contributed by atoms with Crippen LogP contribution in [-0.2, 0) is 21.0 Å². The fraction of sp³-hybridized carbons (Fsp3) is 0.296. The number of nitrogens with one attached hydrogen (secondary N) is 1. The predicted octanol–water partition coefficient (Wildman–Crippen LogP) is 7.12. The minimum absolute atomic E-state index is 0.000399. The monoisotopic (exact) mass is 618 g/mol. The van der Waals surface area contributed by atoms with E-state index < -0.39 is 39.2 Å². The summed E-state index contributed by atoms with van der Waals surface area (Å²) in [4.78, 5) is 12.3. The van der Waals surface area contributed by atoms with Crippen molar-refractivity contribution < 1.29 is 45.0 Å². The van der Waals surface area contributed by atoms with Crippen LogP contribution in [0.25, 0.3) is 11.1 Å². The van der Waals surface area contributed by atoms with Gasteiger partial charge in [0.1, 0.15) is 5.75 Å². The number of anilines is 2. The molecular weight excluding hydrogens is 595 g/mol. The average Bonchev–Trinajstić information content (AvgIpc) is 2.87. The van der Waals surface area contributed by atoms with Gasteiger partial charge in [0.05, 0.1) is 21.8 Å². The fourth-order valence-electron chi connectivity index (χ4n) is 4.64. The highest BCUT2D eigenvalue weighted by Gasteiger charge is 2.32. The molecular formula is C27H24ClF5N2O5S. The number of hydrogen-bond donors (Lipinski definition) is 2. The highest BCUT2D eigenvalue weighted by atomic mass is 35.5. The first kappa shape index (κ1) is 30.4. The first-order chi connectivity index (χ1) is 19.2. The molecule has 3 aromatic carbocycles. The van der Waals surface area contributed by atoms with Crippen molar-refractivity contribution in [3.63, 3.8) is 0 Å². The zero-order chi connectivity index (χ0) is 29.9. The van der Waals surface area contributed by atoms with E-state index in [0.717, 1.165) is 18.2 Å². The third-order valence-electron chi connectivity index (χ3n) is 6.56. The molecule has 0 atom stereocenters. The van der Waals surface area contributed by atoms with Crippen LogP contribution in [0.2, 0.25) is 5.02 Å². The quantitative estimate of drug-likeness (QED) is 0.248. The summed E-state index contributed by atoms with van der Waals surface area (Å²) in [6.45, 7) is -2.30. The maximum atomic E-state index is 13.3. The molecule has 0 saturated carbocycles. The van der Waals surface area contributed by atoms with Gasteiger partial charge in [-0.15, -0.1) is 0 Å². The van der Waals surface area contributed by atoms with Gasteiger partial charge in [-0.1, -0.05) is 23.7 Å². The number of alkyl halides is 5. The standard InChI is InChI=1S/C27H24ClF5N2O5S/c28-20-11-18(12-21(15-20)40-26(29)30)17-4-5-24(35-8-6-16(7-9-35)10-25(36)37)23(13-17)34-41(38,39)22-3-1-2-19(14-22)27(31,32)33/h1-5,11-16,26,34H,6-10H2,(H,36,37). The molecule has 3 aromatic rings. The van der Waals surface area contributed by atoms with E-state index in [4.69, 9.17) is 16.7 Å². The van der Waals surface area contributed by atoms with Crippen molar-refractivity contribution in [2.45, 2.75) is 36.9 Å². The number of hydrogen-bond acceptors (Lipinski definition) is 5. The number of sulfonamides is 1. The van der Waals surface area contributed by atoms with E-state index in [1.54, 1.807) is 12.1 Å². The van der Waals surface area contributed by atoms with E-state index in [0.29, 0.717) is 48.8 Å². The first-order valence-corrected chi connectivity index (χ1v) is 14.1. The Morgan fingerprint density at radius 1 is 1.05 bits per heavy atom. The maximum absolute atomic E-state index is 13.3. The van der Waals surface area contributed by atoms with Gasteiger partial charge in [-0.05, 0) is 78.4 Å². The highest BCUT2D eigenvalue weighted by Crippen LogP contribution is 2.38. The molecule has 1 aliphatic heterocycles. The molecule has 0 aromatic heterocycles. The maximum Gasteiger partial charge on any atom is 0.416 e. The Morgan fingerprint density at radius 3 is 2.39 bits per heavy atom. The lowest BCUT2D eigenvalue weighted by molar-refractivity contribution is -0.139. The second-order valence-electron chi connectivity index (χ2n) is 9.45. The number of halogens is 6. The van der Waals surface area contributed by atoms with Crippen LogP contribution >= 0.6 is 11.6 Å². The Hall–Kier alpha value is -3.58. The molecule has 0 spiro atoms. The van der Waals surface area contributed by atoms with Crippen molar-refractivity contribution in [2.24, 2.45) is 5.92 Å². The second-order valence-corrected chi connectivity index (χ2v) is 11.6. The molecule has 0 unspecified atom stereocenters. The minimum Gasteiger partial charge on any atom is -0.481 e. The predicted molar refractivity (Wildman–Crippen MR) is 143 cm³/mol. The summed E-state index contributed by atoms with van der Waals surface area (Å²) in [7, 11) is -4.52. The van der Waals surface area contributed by atoms with E-state index in [2.05, 4.69) is 9.46 Å². The third-order valence-corrected chi connectivity index (χ3v) is 8.14. The van der Waals surface area contributed by atoms with Crippen molar-refractivity contribution >= 4 is 39.0 Å². The molecule has 0 amide bonds. The lowest BCUT2D eigenvalue weighted by atomic mass is 9.93. The van der Waals surface area contributed by atoms with Crippen molar-refractivity contribution in [2.75, 3.05) is 22.7 Å². The lowest BCUT2D eigenvalue weighted by Gasteiger charge is -2.34. The molecule has 0 radical (unpaired) electrons. The molecule has 1 aliphatic rings. The van der Waals surface area contributed by atoms with Crippen LogP contribution in [0.3, 0.4) is 0 Å². The Bertz CT molecular complexity index is 1530. The number of carboxylic acids is 1. The van der Waals surface area contributed by atoms with Crippen molar-refractivity contribution in [1.29, 1.82) is 0 Å². The SMILES string of the molecule is O=C(O)CC1CCN(c2ccc(-c3cc(Cl)cc(OC(F)F)c3)cc2NS(=O)(=O)c2cccc(C(F)(F)F)c2)CC1. The van der Waals surface area contributed by atoms with E-state index >= 15 is 0 Å². The molecule has 4 rings (SSSR count). The van der Waals surface area contributed by atoms with E-state index in [-0.39, 0.29) is 28.8 Å². The molecule has 7 nitrogen and oxygen atoms in total. The normalized spacial score (nSPS) is 14.8. The van der Waals surface area contributed by atoms with Crippen LogP contribution in [0.1, 0.15) is 24.8 Å². The van der Waals surface area contributed by atoms with Crippen LogP contribution in [-0.4, -0.2) is 39.2 Å². The van der Waals surface area contributed by atoms with Gasteiger partial charge in [0, 0.05) is 24.5 Å². The average molecular weight is 619 g/mol. The molecule has 1 fully saturated rings. The van der Waals surface area contributed by atoms with Gasteiger partial charge in [-0.2, -0.15) is 22.0 Å². The van der Waals surface area contributed by atoms with Gasteiger partial charge < -0.3 is 14.7 Å². The van der Waals surface area contributed by atoms with E-state index in [1.807, 2.05) is 4.90 Å². The molecule has 0 aliphatic carbocycles. The molecule has 1 heterocycles. The summed E-state index contributed by atoms with van der Waals surface area (Å²) in [5.74, 6) is -1.20. The smallest absolute Gasteiger partial charge is 0.416 e. The Labute approximate surface area is 237 Å². The Balaban J connectivity index is 1.74. The van der Waals surface area contributed by atoms with Crippen LogP contribution < -0.4 is 14.4 Å². The summed E-state index contributed by atoms with van der Waals surface area (Å²) in [5, 5.41) is 9.18. The van der Waals surface area contributed by atoms with Crippen LogP contribution in [0, 0.1) is 5.92 Å². The van der Waals surface area contributed by atoms with Gasteiger partial charge >= 0.3 is 18.8 Å². The van der Waals surface area contributed by atoms with Gasteiger partial charge in [0.2, 0.25) is 0 Å². The Morgan fingerprint density at radius 2 is 1.76 bits per heavy atom. The van der Waals surface area contributed by atoms with Crippen LogP contribution in [0.5, 0.6) is 5.75 Å². The molecule has 2 N–H and O–H groups in total. The van der Waals surface area contributed by atoms with Gasteiger partial charge in [0.25, 0.3) is 10.0 Å². The summed E-state index contributed by atoms with van der Waals surface area (Å²) in [6, 6.07) is 11.8.